The summed E-state index contributed by atoms with van der Waals surface area (Å²) in [5.41, 5.74) is 0. The number of thioether (sulfide) groups is 1. The summed E-state index contributed by atoms with van der Waals surface area (Å²) in [7, 11) is -0.165. The summed E-state index contributed by atoms with van der Waals surface area (Å²) >= 11 is 1.78. The van der Waals surface area contributed by atoms with Gasteiger partial charge in [0, 0.05) is 0 Å². The maximum absolute atomic E-state index is 11.6. The molecule has 0 bridgehead atoms. The summed E-state index contributed by atoms with van der Waals surface area (Å²) < 4.78 is 11.6. The van der Waals surface area contributed by atoms with Crippen molar-refractivity contribution in [1.82, 2.24) is 0 Å². The molecule has 0 amide bonds. The fourth-order valence-corrected chi connectivity index (χ4v) is 1.29. The van der Waals surface area contributed by atoms with Gasteiger partial charge in [-0.15, -0.1) is 0 Å². The molecule has 0 radical (unpaired) electrons. The molecule has 0 spiro atoms. The standard InChI is InChI=1S/C5H12BFS/c1-5(3-6-7)4-8-2/h5-6H,3-4H2,1-2H3/t5-/m1/s1. The number of rotatable bonds is 4. The van der Waals surface area contributed by atoms with Gasteiger partial charge < -0.3 is 4.32 Å². The molecule has 0 aliphatic rings. The zero-order valence-electron chi connectivity index (χ0n) is 5.48. The zero-order chi connectivity index (χ0) is 6.41. The van der Waals surface area contributed by atoms with Crippen molar-refractivity contribution in [2.75, 3.05) is 12.0 Å². The Morgan fingerprint density at radius 3 is 2.75 bits per heavy atom. The van der Waals surface area contributed by atoms with Crippen molar-refractivity contribution in [3.8, 4) is 0 Å². The van der Waals surface area contributed by atoms with E-state index in [-0.39, 0.29) is 7.56 Å². The van der Waals surface area contributed by atoms with Gasteiger partial charge in [0.2, 0.25) is 0 Å². The van der Waals surface area contributed by atoms with Crippen LogP contribution in [0.5, 0.6) is 0 Å². The molecule has 0 saturated carbocycles. The molecule has 8 heavy (non-hydrogen) atoms. The minimum absolute atomic E-state index is 0.165. The van der Waals surface area contributed by atoms with Gasteiger partial charge in [-0.1, -0.05) is 6.92 Å². The average molecular weight is 134 g/mol. The topological polar surface area (TPSA) is 0 Å². The zero-order valence-corrected chi connectivity index (χ0v) is 6.30. The van der Waals surface area contributed by atoms with Crippen LogP contribution in [0.15, 0.2) is 0 Å². The van der Waals surface area contributed by atoms with E-state index >= 15 is 0 Å². The Labute approximate surface area is 55.5 Å². The van der Waals surface area contributed by atoms with E-state index < -0.39 is 0 Å². The van der Waals surface area contributed by atoms with Crippen LogP contribution in [0.1, 0.15) is 6.92 Å². The Morgan fingerprint density at radius 1 is 1.75 bits per heavy atom. The van der Waals surface area contributed by atoms with Crippen molar-refractivity contribution in [3.05, 3.63) is 0 Å². The Kier molecular flexibility index (Phi) is 5.72. The van der Waals surface area contributed by atoms with Crippen LogP contribution >= 0.6 is 11.8 Å². The van der Waals surface area contributed by atoms with Crippen molar-refractivity contribution in [2.24, 2.45) is 5.92 Å². The molecule has 0 aliphatic heterocycles. The first-order valence-electron chi connectivity index (χ1n) is 2.86. The van der Waals surface area contributed by atoms with Crippen LogP contribution in [-0.2, 0) is 0 Å². The Bertz CT molecular complexity index is 45.7. The fraction of sp³-hybridized carbons (Fsp3) is 1.00. The highest BCUT2D eigenvalue weighted by atomic mass is 32.2. The second-order valence-corrected chi connectivity index (χ2v) is 2.95. The van der Waals surface area contributed by atoms with Gasteiger partial charge in [0.15, 0.2) is 0 Å². The van der Waals surface area contributed by atoms with Gasteiger partial charge in [-0.2, -0.15) is 11.8 Å². The maximum atomic E-state index is 11.6. The summed E-state index contributed by atoms with van der Waals surface area (Å²) in [6.07, 6.45) is 2.77. The predicted molar refractivity (Wildman–Crippen MR) is 40.6 cm³/mol. The minimum Gasteiger partial charge on any atom is -0.341 e. The van der Waals surface area contributed by atoms with E-state index in [2.05, 4.69) is 13.2 Å². The van der Waals surface area contributed by atoms with Crippen molar-refractivity contribution < 1.29 is 4.32 Å². The van der Waals surface area contributed by atoms with Crippen LogP contribution in [0.25, 0.3) is 0 Å². The second-order valence-electron chi connectivity index (χ2n) is 2.04. The van der Waals surface area contributed by atoms with E-state index in [0.29, 0.717) is 5.92 Å². The number of halogens is 1. The smallest absolute Gasteiger partial charge is 0.331 e. The highest BCUT2D eigenvalue weighted by molar-refractivity contribution is 7.98. The SMILES string of the molecule is CSC[C@H](C)CBF. The molecule has 0 N–H and O–H groups in total. The molecule has 0 nitrogen and oxygen atoms in total. The van der Waals surface area contributed by atoms with Crippen molar-refractivity contribution >= 4 is 19.3 Å². The average Bonchev–Trinajstić information content (AvgIpc) is 1.68. The lowest BCUT2D eigenvalue weighted by Crippen LogP contribution is -1.98. The van der Waals surface area contributed by atoms with Crippen LogP contribution in [0.3, 0.4) is 0 Å². The molecule has 48 valence electrons. The molecular weight excluding hydrogens is 122 g/mol. The molecule has 0 aromatic carbocycles. The van der Waals surface area contributed by atoms with Gasteiger partial charge in [0.25, 0.3) is 0 Å². The van der Waals surface area contributed by atoms with E-state index in [9.17, 15) is 4.32 Å². The first kappa shape index (κ1) is 8.34. The van der Waals surface area contributed by atoms with Crippen LogP contribution in [-0.4, -0.2) is 19.6 Å². The molecule has 0 aliphatic carbocycles. The van der Waals surface area contributed by atoms with Gasteiger partial charge in [-0.25, -0.2) is 0 Å². The van der Waals surface area contributed by atoms with Crippen LogP contribution in [0.2, 0.25) is 6.32 Å². The monoisotopic (exact) mass is 134 g/mol. The van der Waals surface area contributed by atoms with E-state index in [1.807, 2.05) is 0 Å². The number of hydrogen-bond acceptors (Lipinski definition) is 1. The lowest BCUT2D eigenvalue weighted by molar-refractivity contribution is 0.713. The number of hydrogen-bond donors (Lipinski definition) is 0. The Balaban J connectivity index is 2.92. The second kappa shape index (κ2) is 5.48. The molecule has 0 rings (SSSR count). The van der Waals surface area contributed by atoms with Crippen molar-refractivity contribution in [2.45, 2.75) is 13.2 Å². The van der Waals surface area contributed by atoms with E-state index in [1.54, 1.807) is 11.8 Å². The lowest BCUT2D eigenvalue weighted by Gasteiger charge is -2.03. The largest absolute Gasteiger partial charge is 0.341 e. The molecule has 0 saturated heterocycles. The highest BCUT2D eigenvalue weighted by Gasteiger charge is 1.99. The third kappa shape index (κ3) is 4.50. The van der Waals surface area contributed by atoms with Crippen LogP contribution < -0.4 is 0 Å². The van der Waals surface area contributed by atoms with Gasteiger partial charge in [0.1, 0.15) is 0 Å². The maximum Gasteiger partial charge on any atom is 0.331 e. The molecule has 0 fully saturated rings. The first-order chi connectivity index (χ1) is 3.81. The molecule has 1 atom stereocenters. The molecule has 0 aromatic rings. The fourth-order valence-electron chi connectivity index (χ4n) is 0.554. The normalized spacial score (nSPS) is 13.4. The third-order valence-corrected chi connectivity index (χ3v) is 1.96. The summed E-state index contributed by atoms with van der Waals surface area (Å²) in [4.78, 5) is 0. The van der Waals surface area contributed by atoms with E-state index in [0.717, 1.165) is 12.1 Å². The molecule has 3 heteroatoms. The quantitative estimate of drug-likeness (QED) is 0.527. The third-order valence-electron chi connectivity index (χ3n) is 1.05. The van der Waals surface area contributed by atoms with Gasteiger partial charge in [-0.3, -0.25) is 0 Å². The van der Waals surface area contributed by atoms with E-state index in [4.69, 9.17) is 0 Å². The minimum atomic E-state index is -0.165. The summed E-state index contributed by atoms with van der Waals surface area (Å²) in [5, 5.41) is 0. The Hall–Kier alpha value is 0.345. The van der Waals surface area contributed by atoms with Crippen LogP contribution in [0, 0.1) is 5.92 Å². The molecule has 0 unspecified atom stereocenters. The molecule has 0 heterocycles. The summed E-state index contributed by atoms with van der Waals surface area (Å²) in [6.45, 7) is 2.08. The van der Waals surface area contributed by atoms with Gasteiger partial charge in [-0.05, 0) is 24.2 Å². The predicted octanol–water partition coefficient (Wildman–Crippen LogP) is 1.72. The molecule has 0 aromatic heterocycles. The van der Waals surface area contributed by atoms with Crippen molar-refractivity contribution in [3.63, 3.8) is 0 Å². The highest BCUT2D eigenvalue weighted by Crippen LogP contribution is 2.08. The Morgan fingerprint density at radius 2 is 2.38 bits per heavy atom. The van der Waals surface area contributed by atoms with Gasteiger partial charge >= 0.3 is 7.56 Å². The van der Waals surface area contributed by atoms with Gasteiger partial charge in [0.05, 0.1) is 0 Å². The molecular formula is C5H12BFS. The van der Waals surface area contributed by atoms with E-state index in [1.165, 1.54) is 0 Å². The van der Waals surface area contributed by atoms with Crippen LogP contribution in [0.4, 0.5) is 4.32 Å². The summed E-state index contributed by atoms with van der Waals surface area (Å²) in [6, 6.07) is 0. The lowest BCUT2D eigenvalue weighted by atomic mass is 9.90. The summed E-state index contributed by atoms with van der Waals surface area (Å²) in [5.74, 6) is 1.64. The first-order valence-corrected chi connectivity index (χ1v) is 4.25. The van der Waals surface area contributed by atoms with Crippen molar-refractivity contribution in [1.29, 1.82) is 0 Å².